The van der Waals surface area contributed by atoms with Crippen molar-refractivity contribution >= 4 is 54.9 Å². The van der Waals surface area contributed by atoms with E-state index < -0.39 is 10.0 Å². The number of thioether (sulfide) groups is 1. The van der Waals surface area contributed by atoms with Crippen LogP contribution >= 0.6 is 23.1 Å². The quantitative estimate of drug-likeness (QED) is 0.729. The number of rotatable bonds is 7. The number of sulfonamides is 1. The molecule has 0 saturated heterocycles. The van der Waals surface area contributed by atoms with Gasteiger partial charge in [-0.2, -0.15) is 0 Å². The van der Waals surface area contributed by atoms with Gasteiger partial charge in [-0.25, -0.2) is 13.4 Å². The monoisotopic (exact) mass is 373 g/mol. The molecule has 0 fully saturated rings. The summed E-state index contributed by atoms with van der Waals surface area (Å²) in [4.78, 5) is 16.2. The van der Waals surface area contributed by atoms with Crippen molar-refractivity contribution in [2.24, 2.45) is 0 Å². The van der Waals surface area contributed by atoms with Gasteiger partial charge in [0.05, 0.1) is 27.9 Å². The molecule has 1 aromatic carbocycles. The highest BCUT2D eigenvalue weighted by Gasteiger charge is 2.10. The lowest BCUT2D eigenvalue weighted by Crippen LogP contribution is -2.33. The minimum atomic E-state index is -3.30. The van der Waals surface area contributed by atoms with Crippen LogP contribution in [-0.4, -0.2) is 37.4 Å². The molecule has 0 aliphatic carbocycles. The van der Waals surface area contributed by atoms with Crippen molar-refractivity contribution in [2.45, 2.75) is 30.6 Å². The Morgan fingerprint density at radius 3 is 2.83 bits per heavy atom. The lowest BCUT2D eigenvalue weighted by atomic mass is 10.3. The molecule has 0 aliphatic heterocycles. The van der Waals surface area contributed by atoms with Crippen LogP contribution in [0.15, 0.2) is 22.5 Å². The number of hydrogen-bond donors (Lipinski definition) is 2. The molecule has 2 aromatic rings. The van der Waals surface area contributed by atoms with Gasteiger partial charge in [-0.05, 0) is 31.5 Å². The number of nitrogens with zero attached hydrogens (tertiary/aromatic N) is 1. The van der Waals surface area contributed by atoms with Crippen LogP contribution in [0.4, 0.5) is 5.69 Å². The lowest BCUT2D eigenvalue weighted by molar-refractivity contribution is -0.119. The topological polar surface area (TPSA) is 88.2 Å². The average molecular weight is 374 g/mol. The van der Waals surface area contributed by atoms with Crippen LogP contribution in [0.2, 0.25) is 0 Å². The minimum absolute atomic E-state index is 0.0111. The highest BCUT2D eigenvalue weighted by Crippen LogP contribution is 2.31. The number of aromatic nitrogens is 1. The molecule has 1 amide bonds. The zero-order chi connectivity index (χ0) is 17.0. The van der Waals surface area contributed by atoms with Gasteiger partial charge in [-0.1, -0.05) is 18.7 Å². The number of anilines is 1. The first-order chi connectivity index (χ1) is 10.8. The molecule has 126 valence electrons. The molecule has 0 radical (unpaired) electrons. The van der Waals surface area contributed by atoms with Gasteiger partial charge in [0.2, 0.25) is 15.9 Å². The summed E-state index contributed by atoms with van der Waals surface area (Å²) in [5.74, 6) is 0.307. The maximum Gasteiger partial charge on any atom is 0.230 e. The number of benzene rings is 1. The van der Waals surface area contributed by atoms with Crippen molar-refractivity contribution in [3.63, 3.8) is 0 Å². The van der Waals surface area contributed by atoms with Gasteiger partial charge < -0.3 is 5.32 Å². The van der Waals surface area contributed by atoms with Gasteiger partial charge in [0.15, 0.2) is 4.34 Å². The van der Waals surface area contributed by atoms with Gasteiger partial charge in [-0.15, -0.1) is 11.3 Å². The van der Waals surface area contributed by atoms with Crippen LogP contribution in [0.5, 0.6) is 0 Å². The fraction of sp³-hybridized carbons (Fsp3) is 0.429. The molecule has 1 unspecified atom stereocenters. The molecule has 1 aromatic heterocycles. The van der Waals surface area contributed by atoms with Crippen molar-refractivity contribution in [2.75, 3.05) is 16.7 Å². The van der Waals surface area contributed by atoms with E-state index in [1.165, 1.54) is 23.1 Å². The van der Waals surface area contributed by atoms with Crippen LogP contribution < -0.4 is 10.0 Å². The van der Waals surface area contributed by atoms with Gasteiger partial charge in [0.25, 0.3) is 0 Å². The third-order valence-corrected chi connectivity index (χ3v) is 5.79. The second-order valence-corrected chi connectivity index (χ2v) is 9.20. The van der Waals surface area contributed by atoms with Crippen molar-refractivity contribution in [1.82, 2.24) is 10.3 Å². The van der Waals surface area contributed by atoms with E-state index in [9.17, 15) is 13.2 Å². The van der Waals surface area contributed by atoms with Crippen molar-refractivity contribution < 1.29 is 13.2 Å². The van der Waals surface area contributed by atoms with Crippen LogP contribution in [0.3, 0.4) is 0 Å². The van der Waals surface area contributed by atoms with Crippen LogP contribution in [0.1, 0.15) is 20.3 Å². The number of hydrogen-bond acceptors (Lipinski definition) is 6. The predicted molar refractivity (Wildman–Crippen MR) is 96.7 cm³/mol. The molecule has 9 heteroatoms. The number of thiazole rings is 1. The van der Waals surface area contributed by atoms with Crippen molar-refractivity contribution in [1.29, 1.82) is 0 Å². The zero-order valence-electron chi connectivity index (χ0n) is 13.1. The summed E-state index contributed by atoms with van der Waals surface area (Å²) >= 11 is 2.82. The van der Waals surface area contributed by atoms with E-state index in [2.05, 4.69) is 15.0 Å². The van der Waals surface area contributed by atoms with E-state index in [0.717, 1.165) is 27.2 Å². The maximum absolute atomic E-state index is 11.8. The Labute approximate surface area is 144 Å². The minimum Gasteiger partial charge on any atom is -0.353 e. The molecule has 23 heavy (non-hydrogen) atoms. The molecular weight excluding hydrogens is 354 g/mol. The van der Waals surface area contributed by atoms with Gasteiger partial charge in [0.1, 0.15) is 0 Å². The van der Waals surface area contributed by atoms with Gasteiger partial charge >= 0.3 is 0 Å². The number of amides is 1. The molecule has 6 nitrogen and oxygen atoms in total. The number of nitrogens with one attached hydrogen (secondary N) is 2. The van der Waals surface area contributed by atoms with E-state index in [0.29, 0.717) is 11.4 Å². The summed E-state index contributed by atoms with van der Waals surface area (Å²) < 4.78 is 26.6. The molecular formula is C14H19N3O3S3. The summed E-state index contributed by atoms with van der Waals surface area (Å²) in [7, 11) is -3.30. The molecule has 0 spiro atoms. The SMILES string of the molecule is CCC(C)NC(=O)CSc1nc2ccc(NS(C)(=O)=O)cc2s1. The van der Waals surface area contributed by atoms with Crippen molar-refractivity contribution in [3.05, 3.63) is 18.2 Å². The normalized spacial score (nSPS) is 13.0. The first-order valence-electron chi connectivity index (χ1n) is 7.07. The van der Waals surface area contributed by atoms with Crippen LogP contribution in [0.25, 0.3) is 10.2 Å². The van der Waals surface area contributed by atoms with Crippen LogP contribution in [0, 0.1) is 0 Å². The summed E-state index contributed by atoms with van der Waals surface area (Å²) in [6.07, 6.45) is 2.01. The fourth-order valence-corrected chi connectivity index (χ4v) is 4.26. The van der Waals surface area contributed by atoms with Crippen LogP contribution in [-0.2, 0) is 14.8 Å². The summed E-state index contributed by atoms with van der Waals surface area (Å²) in [6.45, 7) is 3.99. The van der Waals surface area contributed by atoms with E-state index in [4.69, 9.17) is 0 Å². The Kier molecular flexibility index (Phi) is 5.88. The smallest absolute Gasteiger partial charge is 0.230 e. The Balaban J connectivity index is 2.04. The Hall–Kier alpha value is -1.32. The van der Waals surface area contributed by atoms with Gasteiger partial charge in [-0.3, -0.25) is 9.52 Å². The highest BCUT2D eigenvalue weighted by molar-refractivity contribution is 8.01. The molecule has 2 rings (SSSR count). The van der Waals surface area contributed by atoms with E-state index >= 15 is 0 Å². The largest absolute Gasteiger partial charge is 0.353 e. The molecule has 0 aliphatic rings. The molecule has 0 saturated carbocycles. The predicted octanol–water partition coefficient (Wildman–Crippen LogP) is 2.67. The fourth-order valence-electron chi connectivity index (χ4n) is 1.79. The standard InChI is InChI=1S/C14H19N3O3S3/c1-4-9(2)15-13(18)8-21-14-16-11-6-5-10(7-12(11)22-14)17-23(3,19)20/h5-7,9,17H,4,8H2,1-3H3,(H,15,18). The maximum atomic E-state index is 11.8. The van der Waals surface area contributed by atoms with E-state index in [1.807, 2.05) is 13.8 Å². The Bertz CT molecular complexity index is 802. The Morgan fingerprint density at radius 2 is 2.17 bits per heavy atom. The first-order valence-corrected chi connectivity index (χ1v) is 10.8. The molecule has 1 atom stereocenters. The summed E-state index contributed by atoms with van der Waals surface area (Å²) in [5.41, 5.74) is 1.30. The molecule has 2 N–H and O–H groups in total. The average Bonchev–Trinajstić information content (AvgIpc) is 2.85. The van der Waals surface area contributed by atoms with Gasteiger partial charge in [0, 0.05) is 6.04 Å². The lowest BCUT2D eigenvalue weighted by Gasteiger charge is -2.10. The van der Waals surface area contributed by atoms with Crippen molar-refractivity contribution in [3.8, 4) is 0 Å². The number of carbonyl (C=O) groups excluding carboxylic acids is 1. The molecule has 1 heterocycles. The molecule has 0 bridgehead atoms. The first kappa shape index (κ1) is 18.0. The zero-order valence-corrected chi connectivity index (χ0v) is 15.6. The highest BCUT2D eigenvalue weighted by atomic mass is 32.2. The third-order valence-electron chi connectivity index (χ3n) is 3.02. The third kappa shape index (κ3) is 5.67. The summed E-state index contributed by atoms with van der Waals surface area (Å²) in [6, 6.07) is 5.36. The number of fused-ring (bicyclic) bond motifs is 1. The Morgan fingerprint density at radius 1 is 1.43 bits per heavy atom. The van der Waals surface area contributed by atoms with E-state index in [1.54, 1.807) is 18.2 Å². The van der Waals surface area contributed by atoms with E-state index in [-0.39, 0.29) is 11.9 Å². The second-order valence-electron chi connectivity index (χ2n) is 5.20. The second kappa shape index (κ2) is 7.50. The summed E-state index contributed by atoms with van der Waals surface area (Å²) in [5, 5.41) is 2.91. The number of carbonyl (C=O) groups is 1.